The molecule has 9 nitrogen and oxygen atoms in total. The molecule has 1 heterocycles. The molecular weight excluding hydrogens is 362 g/mol. The molecule has 2 aromatic rings. The van der Waals surface area contributed by atoms with Crippen LogP contribution in [0.3, 0.4) is 0 Å². The molecule has 10 heteroatoms. The van der Waals surface area contributed by atoms with Crippen molar-refractivity contribution >= 4 is 40.5 Å². The molecule has 1 atom stereocenters. The average Bonchev–Trinajstić information content (AvgIpc) is 3.14. The van der Waals surface area contributed by atoms with E-state index in [1.54, 1.807) is 17.5 Å². The summed E-state index contributed by atoms with van der Waals surface area (Å²) in [6.45, 7) is 0.920. The van der Waals surface area contributed by atoms with Crippen LogP contribution < -0.4 is 10.6 Å². The van der Waals surface area contributed by atoms with Crippen LogP contribution in [0.1, 0.15) is 16.6 Å². The highest BCUT2D eigenvalue weighted by Gasteiger charge is 2.21. The van der Waals surface area contributed by atoms with Gasteiger partial charge >= 0.3 is 5.97 Å². The molecule has 0 saturated heterocycles. The van der Waals surface area contributed by atoms with Crippen LogP contribution in [-0.2, 0) is 14.3 Å². The van der Waals surface area contributed by atoms with Gasteiger partial charge in [-0.1, -0.05) is 18.2 Å². The first kappa shape index (κ1) is 19.1. The lowest BCUT2D eigenvalue weighted by molar-refractivity contribution is -0.383. The van der Waals surface area contributed by atoms with Gasteiger partial charge < -0.3 is 15.4 Å². The molecule has 0 spiro atoms. The maximum absolute atomic E-state index is 12.1. The third kappa shape index (κ3) is 5.11. The summed E-state index contributed by atoms with van der Waals surface area (Å²) in [5, 5.41) is 17.4. The average molecular weight is 377 g/mol. The number of esters is 1. The summed E-state index contributed by atoms with van der Waals surface area (Å²) >= 11 is 1.22. The van der Waals surface area contributed by atoms with Crippen LogP contribution in [0.15, 0.2) is 41.8 Å². The lowest BCUT2D eigenvalue weighted by atomic mass is 10.2. The van der Waals surface area contributed by atoms with Crippen molar-refractivity contribution in [1.82, 2.24) is 5.32 Å². The number of ether oxygens (including phenoxy) is 1. The second kappa shape index (κ2) is 8.72. The highest BCUT2D eigenvalue weighted by molar-refractivity contribution is 7.12. The third-order valence-corrected chi connectivity index (χ3v) is 4.04. The number of carbonyl (C=O) groups is 3. The third-order valence-electron chi connectivity index (χ3n) is 3.17. The second-order valence-corrected chi connectivity index (χ2v) is 6.00. The van der Waals surface area contributed by atoms with Crippen molar-refractivity contribution in [2.24, 2.45) is 0 Å². The number of nitro groups is 1. The van der Waals surface area contributed by atoms with Gasteiger partial charge in [0.05, 0.1) is 9.80 Å². The molecule has 0 bridgehead atoms. The zero-order valence-corrected chi connectivity index (χ0v) is 14.4. The number of nitrogens with one attached hydrogen (secondary N) is 2. The van der Waals surface area contributed by atoms with E-state index >= 15 is 0 Å². The Balaban J connectivity index is 1.86. The van der Waals surface area contributed by atoms with Gasteiger partial charge in [-0.3, -0.25) is 24.5 Å². The topological polar surface area (TPSA) is 128 Å². The van der Waals surface area contributed by atoms with Crippen molar-refractivity contribution in [2.75, 3.05) is 11.9 Å². The molecule has 26 heavy (non-hydrogen) atoms. The predicted octanol–water partition coefficient (Wildman–Crippen LogP) is 1.96. The number of rotatable bonds is 7. The molecule has 0 aliphatic heterocycles. The molecule has 0 unspecified atom stereocenters. The summed E-state index contributed by atoms with van der Waals surface area (Å²) in [5.41, 5.74) is -0.279. The number of nitrogens with zero attached hydrogens (tertiary/aromatic N) is 1. The number of benzene rings is 1. The Morgan fingerprint density at radius 1 is 1.23 bits per heavy atom. The Labute approximate surface area is 152 Å². The first-order valence-corrected chi connectivity index (χ1v) is 8.32. The number of amides is 2. The molecule has 0 aliphatic carbocycles. The minimum atomic E-state index is -1.19. The highest BCUT2D eigenvalue weighted by Crippen LogP contribution is 2.23. The van der Waals surface area contributed by atoms with E-state index in [0.29, 0.717) is 4.88 Å². The number of thiophene rings is 1. The van der Waals surface area contributed by atoms with Gasteiger partial charge in [-0.25, -0.2) is 0 Å². The van der Waals surface area contributed by atoms with E-state index in [9.17, 15) is 24.5 Å². The summed E-state index contributed by atoms with van der Waals surface area (Å²) in [4.78, 5) is 46.2. The fourth-order valence-electron chi connectivity index (χ4n) is 1.91. The zero-order valence-electron chi connectivity index (χ0n) is 13.6. The summed E-state index contributed by atoms with van der Waals surface area (Å²) in [6, 6.07) is 8.91. The molecule has 0 saturated carbocycles. The number of hydrogen-bond donors (Lipinski definition) is 2. The minimum absolute atomic E-state index is 0.00334. The summed E-state index contributed by atoms with van der Waals surface area (Å²) in [6.07, 6.45) is -1.19. The molecule has 0 fully saturated rings. The van der Waals surface area contributed by atoms with Crippen LogP contribution in [0.5, 0.6) is 0 Å². The van der Waals surface area contributed by atoms with Crippen molar-refractivity contribution in [2.45, 2.75) is 13.0 Å². The van der Waals surface area contributed by atoms with Crippen molar-refractivity contribution < 1.29 is 24.0 Å². The van der Waals surface area contributed by atoms with Crippen LogP contribution >= 0.6 is 11.3 Å². The van der Waals surface area contributed by atoms with E-state index in [1.807, 2.05) is 0 Å². The molecule has 0 radical (unpaired) electrons. The van der Waals surface area contributed by atoms with Gasteiger partial charge in [-0.05, 0) is 24.4 Å². The fraction of sp³-hybridized carbons (Fsp3) is 0.188. The van der Waals surface area contributed by atoms with Crippen molar-refractivity contribution in [3.05, 3.63) is 56.8 Å². The Hall–Kier alpha value is -3.27. The molecule has 2 N–H and O–H groups in total. The van der Waals surface area contributed by atoms with E-state index in [4.69, 9.17) is 4.74 Å². The first-order valence-electron chi connectivity index (χ1n) is 7.44. The quantitative estimate of drug-likeness (QED) is 0.431. The van der Waals surface area contributed by atoms with Gasteiger partial charge in [0.1, 0.15) is 12.2 Å². The van der Waals surface area contributed by atoms with Crippen LogP contribution in [0.2, 0.25) is 0 Å². The van der Waals surface area contributed by atoms with Crippen molar-refractivity contribution in [3.63, 3.8) is 0 Å². The monoisotopic (exact) mass is 377 g/mol. The fourth-order valence-corrected chi connectivity index (χ4v) is 2.55. The van der Waals surface area contributed by atoms with Gasteiger partial charge in [-0.2, -0.15) is 0 Å². The lowest BCUT2D eigenvalue weighted by Gasteiger charge is -2.13. The van der Waals surface area contributed by atoms with Crippen LogP contribution in [0, 0.1) is 10.1 Å². The molecular formula is C16H15N3O6S. The largest absolute Gasteiger partial charge is 0.451 e. The van der Waals surface area contributed by atoms with E-state index in [2.05, 4.69) is 10.6 Å². The number of carbonyl (C=O) groups excluding carboxylic acids is 3. The summed E-state index contributed by atoms with van der Waals surface area (Å²) in [5.74, 6) is -1.95. The minimum Gasteiger partial charge on any atom is -0.451 e. The van der Waals surface area contributed by atoms with Gasteiger partial charge in [0.15, 0.2) is 6.10 Å². The van der Waals surface area contributed by atoms with Gasteiger partial charge in [0.2, 0.25) is 0 Å². The van der Waals surface area contributed by atoms with Crippen molar-refractivity contribution in [3.8, 4) is 0 Å². The van der Waals surface area contributed by atoms with Crippen molar-refractivity contribution in [1.29, 1.82) is 0 Å². The highest BCUT2D eigenvalue weighted by atomic mass is 32.1. The Bertz CT molecular complexity index is 821. The van der Waals surface area contributed by atoms with Crippen LogP contribution in [-0.4, -0.2) is 35.4 Å². The predicted molar refractivity (Wildman–Crippen MR) is 93.9 cm³/mol. The van der Waals surface area contributed by atoms with Crippen LogP contribution in [0.25, 0.3) is 0 Å². The molecule has 136 valence electrons. The Kier molecular flexibility index (Phi) is 6.39. The number of nitro benzene ring substituents is 1. The van der Waals surface area contributed by atoms with Gasteiger partial charge in [0.25, 0.3) is 17.5 Å². The maximum Gasteiger partial charge on any atom is 0.326 e. The van der Waals surface area contributed by atoms with Crippen LogP contribution in [0.4, 0.5) is 11.4 Å². The lowest BCUT2D eigenvalue weighted by Crippen LogP contribution is -2.35. The summed E-state index contributed by atoms with van der Waals surface area (Å²) < 4.78 is 4.92. The summed E-state index contributed by atoms with van der Waals surface area (Å²) in [7, 11) is 0. The normalized spacial score (nSPS) is 11.3. The SMILES string of the molecule is C[C@@H](OC(=O)CNC(=O)c1cccs1)C(=O)Nc1ccccc1[N+](=O)[O-]. The first-order chi connectivity index (χ1) is 12.4. The molecule has 1 aromatic heterocycles. The zero-order chi connectivity index (χ0) is 19.1. The van der Waals surface area contributed by atoms with E-state index in [-0.39, 0.29) is 11.4 Å². The Morgan fingerprint density at radius 2 is 1.96 bits per heavy atom. The maximum atomic E-state index is 12.1. The number of anilines is 1. The molecule has 2 amide bonds. The van der Waals surface area contributed by atoms with E-state index in [0.717, 1.165) is 0 Å². The molecule has 0 aliphatic rings. The number of para-hydroxylation sites is 2. The second-order valence-electron chi connectivity index (χ2n) is 5.06. The molecule has 2 rings (SSSR count). The standard InChI is InChI=1S/C16H15N3O6S/c1-10(15(21)18-11-5-2-3-6-12(11)19(23)24)25-14(20)9-17-16(22)13-7-4-8-26-13/h2-8,10H,9H2,1H3,(H,17,22)(H,18,21)/t10-/m1/s1. The molecule has 1 aromatic carbocycles. The Morgan fingerprint density at radius 3 is 2.62 bits per heavy atom. The van der Waals surface area contributed by atoms with E-state index < -0.39 is 35.4 Å². The van der Waals surface area contributed by atoms with Gasteiger partial charge in [0, 0.05) is 6.07 Å². The smallest absolute Gasteiger partial charge is 0.326 e. The van der Waals surface area contributed by atoms with Gasteiger partial charge in [-0.15, -0.1) is 11.3 Å². The number of hydrogen-bond acceptors (Lipinski definition) is 7. The van der Waals surface area contributed by atoms with E-state index in [1.165, 1.54) is 42.5 Å².